The van der Waals surface area contributed by atoms with Crippen molar-refractivity contribution in [3.63, 3.8) is 0 Å². The van der Waals surface area contributed by atoms with E-state index in [1.165, 1.54) is 12.8 Å². The monoisotopic (exact) mass is 263 g/mol. The standard InChI is InChI=1S/C13H17N3OS/c14-6-13-15-10(9-18-13)7-16(11-3-4-11)8-12-2-1-5-17-12/h1-2,5,9,11H,3-4,6-8,14H2. The van der Waals surface area contributed by atoms with Crippen molar-refractivity contribution in [1.29, 1.82) is 0 Å². The molecule has 2 aromatic heterocycles. The van der Waals surface area contributed by atoms with Crippen LogP contribution < -0.4 is 5.73 Å². The summed E-state index contributed by atoms with van der Waals surface area (Å²) in [5.41, 5.74) is 6.72. The van der Waals surface area contributed by atoms with Gasteiger partial charge in [-0.15, -0.1) is 11.3 Å². The zero-order chi connectivity index (χ0) is 12.4. The number of hydrogen-bond acceptors (Lipinski definition) is 5. The third-order valence-electron chi connectivity index (χ3n) is 3.14. The molecule has 3 rings (SSSR count). The third-order valence-corrected chi connectivity index (χ3v) is 4.06. The molecule has 0 aromatic carbocycles. The lowest BCUT2D eigenvalue weighted by atomic mass is 10.3. The average molecular weight is 263 g/mol. The van der Waals surface area contributed by atoms with Gasteiger partial charge in [0.15, 0.2) is 0 Å². The van der Waals surface area contributed by atoms with Gasteiger partial charge in [0.25, 0.3) is 0 Å². The Hall–Kier alpha value is -1.17. The summed E-state index contributed by atoms with van der Waals surface area (Å²) in [7, 11) is 0. The number of thiazole rings is 1. The van der Waals surface area contributed by atoms with Crippen molar-refractivity contribution in [2.45, 2.75) is 38.5 Å². The number of rotatable bonds is 6. The number of hydrogen-bond donors (Lipinski definition) is 1. The second-order valence-electron chi connectivity index (χ2n) is 4.65. The lowest BCUT2D eigenvalue weighted by Gasteiger charge is -2.19. The Morgan fingerprint density at radius 3 is 2.94 bits per heavy atom. The van der Waals surface area contributed by atoms with Crippen LogP contribution in [0.25, 0.3) is 0 Å². The highest BCUT2D eigenvalue weighted by Gasteiger charge is 2.29. The molecule has 4 nitrogen and oxygen atoms in total. The van der Waals surface area contributed by atoms with E-state index in [0.717, 1.165) is 29.6 Å². The minimum absolute atomic E-state index is 0.534. The van der Waals surface area contributed by atoms with Crippen LogP contribution in [0.4, 0.5) is 0 Å². The Morgan fingerprint density at radius 1 is 1.44 bits per heavy atom. The highest BCUT2D eigenvalue weighted by Crippen LogP contribution is 2.30. The van der Waals surface area contributed by atoms with Crippen molar-refractivity contribution in [1.82, 2.24) is 9.88 Å². The Morgan fingerprint density at radius 2 is 2.33 bits per heavy atom. The molecule has 2 heterocycles. The Labute approximate surface area is 110 Å². The molecule has 2 aromatic rings. The van der Waals surface area contributed by atoms with E-state index >= 15 is 0 Å². The second kappa shape index (κ2) is 5.22. The van der Waals surface area contributed by atoms with Gasteiger partial charge in [-0.3, -0.25) is 4.90 Å². The molecule has 0 atom stereocenters. The van der Waals surface area contributed by atoms with Crippen molar-refractivity contribution in [3.8, 4) is 0 Å². The van der Waals surface area contributed by atoms with Crippen LogP contribution in [0.2, 0.25) is 0 Å². The molecule has 1 aliphatic carbocycles. The van der Waals surface area contributed by atoms with E-state index in [0.29, 0.717) is 12.6 Å². The summed E-state index contributed by atoms with van der Waals surface area (Å²) in [6.45, 7) is 2.29. The predicted molar refractivity (Wildman–Crippen MR) is 71.0 cm³/mol. The first-order chi connectivity index (χ1) is 8.85. The minimum atomic E-state index is 0.534. The van der Waals surface area contributed by atoms with E-state index < -0.39 is 0 Å². The molecule has 5 heteroatoms. The zero-order valence-corrected chi connectivity index (χ0v) is 11.0. The molecule has 0 radical (unpaired) electrons. The fourth-order valence-electron chi connectivity index (χ4n) is 2.08. The molecule has 96 valence electrons. The van der Waals surface area contributed by atoms with Crippen molar-refractivity contribution in [2.75, 3.05) is 0 Å². The van der Waals surface area contributed by atoms with Crippen LogP contribution in [0.3, 0.4) is 0 Å². The van der Waals surface area contributed by atoms with Crippen LogP contribution in [0.1, 0.15) is 29.3 Å². The van der Waals surface area contributed by atoms with E-state index in [2.05, 4.69) is 15.3 Å². The van der Waals surface area contributed by atoms with Gasteiger partial charge < -0.3 is 10.2 Å². The fourth-order valence-corrected chi connectivity index (χ4v) is 2.75. The molecule has 1 fully saturated rings. The van der Waals surface area contributed by atoms with Crippen molar-refractivity contribution >= 4 is 11.3 Å². The highest BCUT2D eigenvalue weighted by molar-refractivity contribution is 7.09. The summed E-state index contributed by atoms with van der Waals surface area (Å²) in [6.07, 6.45) is 4.30. The van der Waals surface area contributed by atoms with Gasteiger partial charge in [-0.25, -0.2) is 4.98 Å². The maximum atomic E-state index is 5.60. The lowest BCUT2D eigenvalue weighted by Crippen LogP contribution is -2.25. The topological polar surface area (TPSA) is 55.3 Å². The molecule has 18 heavy (non-hydrogen) atoms. The van der Waals surface area contributed by atoms with Gasteiger partial charge >= 0.3 is 0 Å². The maximum Gasteiger partial charge on any atom is 0.117 e. The summed E-state index contributed by atoms with van der Waals surface area (Å²) >= 11 is 1.65. The smallest absolute Gasteiger partial charge is 0.117 e. The first-order valence-corrected chi connectivity index (χ1v) is 7.13. The lowest BCUT2D eigenvalue weighted by molar-refractivity contribution is 0.223. The molecule has 1 aliphatic rings. The summed E-state index contributed by atoms with van der Waals surface area (Å²) < 4.78 is 5.43. The SMILES string of the molecule is NCc1nc(CN(Cc2ccco2)C2CC2)cs1. The number of nitrogens with zero attached hydrogens (tertiary/aromatic N) is 2. The first-order valence-electron chi connectivity index (χ1n) is 6.25. The Balaban J connectivity index is 1.66. The van der Waals surface area contributed by atoms with E-state index in [9.17, 15) is 0 Å². The van der Waals surface area contributed by atoms with E-state index in [1.807, 2.05) is 12.1 Å². The molecule has 0 unspecified atom stereocenters. The van der Waals surface area contributed by atoms with Crippen LogP contribution in [0.15, 0.2) is 28.2 Å². The first kappa shape index (κ1) is 11.9. The summed E-state index contributed by atoms with van der Waals surface area (Å²) in [5, 5.41) is 3.12. The van der Waals surface area contributed by atoms with Crippen molar-refractivity contribution in [2.24, 2.45) is 5.73 Å². The van der Waals surface area contributed by atoms with Crippen LogP contribution in [-0.4, -0.2) is 15.9 Å². The van der Waals surface area contributed by atoms with Crippen LogP contribution >= 0.6 is 11.3 Å². The van der Waals surface area contributed by atoms with E-state index in [1.54, 1.807) is 17.6 Å². The number of nitrogens with two attached hydrogens (primary N) is 1. The molecule has 0 amide bonds. The quantitative estimate of drug-likeness (QED) is 0.869. The third kappa shape index (κ3) is 2.80. The molecule has 0 bridgehead atoms. The molecule has 1 saturated carbocycles. The van der Waals surface area contributed by atoms with Crippen LogP contribution in [0.5, 0.6) is 0 Å². The van der Waals surface area contributed by atoms with Crippen LogP contribution in [0, 0.1) is 0 Å². The Kier molecular flexibility index (Phi) is 3.45. The maximum absolute atomic E-state index is 5.60. The second-order valence-corrected chi connectivity index (χ2v) is 5.59. The number of aromatic nitrogens is 1. The summed E-state index contributed by atoms with van der Waals surface area (Å²) in [5.74, 6) is 1.02. The van der Waals surface area contributed by atoms with Gasteiger partial charge in [-0.1, -0.05) is 0 Å². The molecule has 0 saturated heterocycles. The largest absolute Gasteiger partial charge is 0.468 e. The molecule has 2 N–H and O–H groups in total. The van der Waals surface area contributed by atoms with Crippen LogP contribution in [-0.2, 0) is 19.6 Å². The zero-order valence-electron chi connectivity index (χ0n) is 10.2. The van der Waals surface area contributed by atoms with Crippen molar-refractivity contribution in [3.05, 3.63) is 40.2 Å². The van der Waals surface area contributed by atoms with Crippen molar-refractivity contribution < 1.29 is 4.42 Å². The van der Waals surface area contributed by atoms with Gasteiger partial charge in [0.2, 0.25) is 0 Å². The number of furan rings is 1. The van der Waals surface area contributed by atoms with E-state index in [4.69, 9.17) is 10.2 Å². The van der Waals surface area contributed by atoms with E-state index in [-0.39, 0.29) is 0 Å². The van der Waals surface area contributed by atoms with Gasteiger partial charge in [0, 0.05) is 24.5 Å². The fraction of sp³-hybridized carbons (Fsp3) is 0.462. The summed E-state index contributed by atoms with van der Waals surface area (Å²) in [4.78, 5) is 6.97. The Bertz CT molecular complexity index is 490. The average Bonchev–Trinajstić information content (AvgIpc) is 2.92. The molecular formula is C13H17N3OS. The normalized spacial score (nSPS) is 15.4. The molecular weight excluding hydrogens is 246 g/mol. The molecule has 0 spiro atoms. The molecule has 0 aliphatic heterocycles. The van der Waals surface area contributed by atoms with Gasteiger partial charge in [0.05, 0.1) is 18.5 Å². The minimum Gasteiger partial charge on any atom is -0.468 e. The highest BCUT2D eigenvalue weighted by atomic mass is 32.1. The van der Waals surface area contributed by atoms with Gasteiger partial charge in [-0.05, 0) is 25.0 Å². The van der Waals surface area contributed by atoms with Gasteiger partial charge in [0.1, 0.15) is 10.8 Å². The van der Waals surface area contributed by atoms with Gasteiger partial charge in [-0.2, -0.15) is 0 Å². The summed E-state index contributed by atoms with van der Waals surface area (Å²) in [6, 6.07) is 4.66. The predicted octanol–water partition coefficient (Wildman–Crippen LogP) is 2.36.